The molecule has 4 radical (unpaired) electrons. The molecule has 3 unspecified atom stereocenters. The van der Waals surface area contributed by atoms with Crippen molar-refractivity contribution in [3.8, 4) is 0 Å². The predicted octanol–water partition coefficient (Wildman–Crippen LogP) is 0.985. The van der Waals surface area contributed by atoms with Gasteiger partial charge < -0.3 is 23.6 Å². The van der Waals surface area contributed by atoms with E-state index in [2.05, 4.69) is 20.1 Å². The van der Waals surface area contributed by atoms with Gasteiger partial charge in [-0.2, -0.15) is 0 Å². The van der Waals surface area contributed by atoms with Crippen LogP contribution in [0.3, 0.4) is 0 Å². The highest BCUT2D eigenvalue weighted by Crippen LogP contribution is 2.49. The topological polar surface area (TPSA) is 57.2 Å². The molecule has 128 valence electrons. The zero-order valence-electron chi connectivity index (χ0n) is 14.4. The van der Waals surface area contributed by atoms with Gasteiger partial charge >= 0.3 is 0 Å². The van der Waals surface area contributed by atoms with Gasteiger partial charge in [-0.15, -0.1) is 0 Å². The van der Waals surface area contributed by atoms with Gasteiger partial charge in [-0.1, -0.05) is 27.1 Å². The van der Waals surface area contributed by atoms with Crippen LogP contribution in [0.1, 0.15) is 20.8 Å². The van der Waals surface area contributed by atoms with E-state index in [0.717, 1.165) is 0 Å². The maximum atomic E-state index is 9.42. The first-order chi connectivity index (χ1) is 10.7. The van der Waals surface area contributed by atoms with Crippen LogP contribution in [0.2, 0.25) is 0 Å². The first-order valence-corrected chi connectivity index (χ1v) is 10.4. The van der Waals surface area contributed by atoms with Crippen LogP contribution in [0.5, 0.6) is 0 Å². The first-order valence-electron chi connectivity index (χ1n) is 8.13. The summed E-state index contributed by atoms with van der Waals surface area (Å²) in [5.41, 5.74) is 0. The van der Waals surface area contributed by atoms with Gasteiger partial charge in [0.05, 0.1) is 25.4 Å². The van der Waals surface area contributed by atoms with Gasteiger partial charge in [0.15, 0.2) is 0 Å². The molecule has 0 saturated carbocycles. The monoisotopic (exact) mass is 340 g/mol. The Morgan fingerprint density at radius 2 is 1.61 bits per heavy atom. The third-order valence-electron chi connectivity index (χ3n) is 5.04. The lowest BCUT2D eigenvalue weighted by Gasteiger charge is -2.30. The highest BCUT2D eigenvalue weighted by molar-refractivity contribution is 7.63. The van der Waals surface area contributed by atoms with Crippen LogP contribution in [0.15, 0.2) is 0 Å². The van der Waals surface area contributed by atoms with Crippen molar-refractivity contribution in [3.63, 3.8) is 0 Å². The van der Waals surface area contributed by atoms with Crippen molar-refractivity contribution in [3.05, 3.63) is 0 Å². The molecule has 2 fully saturated rings. The van der Waals surface area contributed by atoms with Gasteiger partial charge in [0.2, 0.25) is 0 Å². The van der Waals surface area contributed by atoms with Gasteiger partial charge in [-0.3, -0.25) is 0 Å². The van der Waals surface area contributed by atoms with E-state index in [0.29, 0.717) is 18.4 Å². The van der Waals surface area contributed by atoms with Gasteiger partial charge in [-0.05, 0) is 11.8 Å². The minimum Gasteiger partial charge on any atom is -0.394 e. The summed E-state index contributed by atoms with van der Waals surface area (Å²) >= 11 is 0. The summed E-state index contributed by atoms with van der Waals surface area (Å²) in [4.78, 5) is 0. The zero-order chi connectivity index (χ0) is 17.4. The summed E-state index contributed by atoms with van der Waals surface area (Å²) in [5, 5.41) is 9.42. The molecule has 8 heteroatoms. The highest BCUT2D eigenvalue weighted by Gasteiger charge is 2.42. The molecule has 23 heavy (non-hydrogen) atoms. The molecule has 5 nitrogen and oxygen atoms in total. The molecule has 0 bridgehead atoms. The fraction of sp³-hybridized carbons (Fsp3) is 0.933. The molecule has 1 N–H and O–H groups in total. The summed E-state index contributed by atoms with van der Waals surface area (Å²) < 4.78 is 23.2. The standard InChI is InChI=1S/C15H27B2O5P/c1-8-9(2)14(16)21-12(8)7-19-23(4,5)22-13-10(3)15(17)20-11(13)6-18/h8-15,18H,4,6-7H2,1-3,5H3/t8-,9?,10?,11-,12-,13-,14-,15-,23?/m1/s1. The second-order valence-electron chi connectivity index (χ2n) is 6.92. The molecule has 2 rings (SSSR count). The summed E-state index contributed by atoms with van der Waals surface area (Å²) in [6.45, 7) is 8.23. The molecule has 2 aliphatic rings. The van der Waals surface area contributed by atoms with E-state index in [-0.39, 0.29) is 30.7 Å². The van der Waals surface area contributed by atoms with E-state index in [4.69, 9.17) is 34.2 Å². The van der Waals surface area contributed by atoms with Crippen LogP contribution in [-0.4, -0.2) is 77.3 Å². The lowest BCUT2D eigenvalue weighted by atomic mass is 9.82. The number of hydrogen-bond acceptors (Lipinski definition) is 5. The van der Waals surface area contributed by atoms with E-state index >= 15 is 0 Å². The maximum Gasteiger partial charge on any atom is 0.115 e. The predicted molar refractivity (Wildman–Crippen MR) is 94.2 cm³/mol. The van der Waals surface area contributed by atoms with E-state index in [1.165, 1.54) is 0 Å². The molecule has 0 aliphatic carbocycles. The molecule has 2 aliphatic heterocycles. The van der Waals surface area contributed by atoms with Crippen molar-refractivity contribution in [1.82, 2.24) is 0 Å². The van der Waals surface area contributed by atoms with E-state index in [9.17, 15) is 5.11 Å². The van der Waals surface area contributed by atoms with Crippen molar-refractivity contribution >= 4 is 29.3 Å². The Bertz CT molecular complexity index is 452. The minimum absolute atomic E-state index is 0.0353. The SMILES string of the molecule is [B][C@@H]1O[C@H](COP(=C)(C)O[C@@H]2C(C)[C@H]([B])O[C@@H]2CO)[C@H](C)C1C. The average Bonchev–Trinajstić information content (AvgIpc) is 2.89. The van der Waals surface area contributed by atoms with Crippen LogP contribution >= 0.6 is 7.34 Å². The first kappa shape index (κ1) is 19.6. The molecular weight excluding hydrogens is 313 g/mol. The molecule has 0 spiro atoms. The summed E-state index contributed by atoms with van der Waals surface area (Å²) in [7, 11) is 9.46. The van der Waals surface area contributed by atoms with Crippen molar-refractivity contribution in [2.24, 2.45) is 17.8 Å². The Morgan fingerprint density at radius 3 is 2.13 bits per heavy atom. The second kappa shape index (κ2) is 7.63. The molecule has 0 aromatic heterocycles. The Kier molecular flexibility index (Phi) is 6.49. The van der Waals surface area contributed by atoms with E-state index in [1.807, 2.05) is 13.6 Å². The van der Waals surface area contributed by atoms with Crippen LogP contribution in [0.25, 0.3) is 0 Å². The Labute approximate surface area is 142 Å². The van der Waals surface area contributed by atoms with Gasteiger partial charge in [0.25, 0.3) is 0 Å². The van der Waals surface area contributed by atoms with Crippen LogP contribution in [0, 0.1) is 17.8 Å². The fourth-order valence-electron chi connectivity index (χ4n) is 3.04. The van der Waals surface area contributed by atoms with Gasteiger partial charge in [-0.25, -0.2) is 0 Å². The number of rotatable bonds is 6. The smallest absolute Gasteiger partial charge is 0.115 e. The normalized spacial score (nSPS) is 46.8. The lowest BCUT2D eigenvalue weighted by molar-refractivity contribution is -0.00230. The van der Waals surface area contributed by atoms with Crippen molar-refractivity contribution in [1.29, 1.82) is 0 Å². The molecule has 0 aromatic rings. The molecule has 2 saturated heterocycles. The molecule has 9 atom stereocenters. The van der Waals surface area contributed by atoms with Crippen molar-refractivity contribution in [2.45, 2.75) is 51.1 Å². The summed E-state index contributed by atoms with van der Waals surface area (Å²) in [5.74, 6) is 0.572. The third kappa shape index (κ3) is 4.45. The minimum atomic E-state index is -2.34. The second-order valence-corrected chi connectivity index (χ2v) is 9.42. The van der Waals surface area contributed by atoms with Crippen molar-refractivity contribution in [2.75, 3.05) is 19.9 Å². The third-order valence-corrected chi connectivity index (χ3v) is 6.42. The molecule has 0 aromatic carbocycles. The highest BCUT2D eigenvalue weighted by atomic mass is 31.2. The Balaban J connectivity index is 1.91. The number of ether oxygens (including phenoxy) is 2. The van der Waals surface area contributed by atoms with E-state index < -0.39 is 19.4 Å². The maximum absolute atomic E-state index is 9.42. The quantitative estimate of drug-likeness (QED) is 0.577. The van der Waals surface area contributed by atoms with Gasteiger partial charge in [0.1, 0.15) is 29.1 Å². The molecule has 2 heterocycles. The van der Waals surface area contributed by atoms with Gasteiger partial charge in [0, 0.05) is 24.6 Å². The number of hydrogen-bond donors (Lipinski definition) is 1. The lowest BCUT2D eigenvalue weighted by Crippen LogP contribution is -2.31. The van der Waals surface area contributed by atoms with Crippen LogP contribution < -0.4 is 0 Å². The molecule has 0 amide bonds. The Hall–Kier alpha value is 0.230. The largest absolute Gasteiger partial charge is 0.394 e. The van der Waals surface area contributed by atoms with Crippen LogP contribution in [0.4, 0.5) is 0 Å². The van der Waals surface area contributed by atoms with Crippen molar-refractivity contribution < 1.29 is 23.6 Å². The van der Waals surface area contributed by atoms with E-state index in [1.54, 1.807) is 0 Å². The van der Waals surface area contributed by atoms with Crippen LogP contribution in [-0.2, 0) is 18.5 Å². The zero-order valence-corrected chi connectivity index (χ0v) is 15.3. The number of aliphatic hydroxyl groups excluding tert-OH is 1. The fourth-order valence-corrected chi connectivity index (χ4v) is 4.40. The number of aliphatic hydroxyl groups is 1. The summed E-state index contributed by atoms with van der Waals surface area (Å²) in [6.07, 6.45) is 3.26. The molecular formula is C15H27B2O5P. The Morgan fingerprint density at radius 1 is 1.04 bits per heavy atom. The summed E-state index contributed by atoms with van der Waals surface area (Å²) in [6, 6.07) is -0.705. The average molecular weight is 340 g/mol.